The first kappa shape index (κ1) is 22.8. The van der Waals surface area contributed by atoms with Gasteiger partial charge in [-0.1, -0.05) is 6.07 Å². The van der Waals surface area contributed by atoms with Crippen molar-refractivity contribution in [3.05, 3.63) is 30.3 Å². The van der Waals surface area contributed by atoms with Gasteiger partial charge in [-0.3, -0.25) is 4.55 Å². The molecule has 0 aliphatic heterocycles. The smallest absolute Gasteiger partial charge is 0.425 e. The maximum atomic E-state index is 10.5. The molecular weight excluding hydrogens is 400 g/mol. The third-order valence-corrected chi connectivity index (χ3v) is 3.25. The molecule has 0 aliphatic rings. The molecule has 0 saturated carbocycles. The van der Waals surface area contributed by atoms with Gasteiger partial charge in [-0.2, -0.15) is 8.42 Å². The van der Waals surface area contributed by atoms with E-state index in [1.165, 1.54) is 18.2 Å². The van der Waals surface area contributed by atoms with Crippen LogP contribution in [0.2, 0.25) is 0 Å². The summed E-state index contributed by atoms with van der Waals surface area (Å²) in [4.78, 5) is -0.859. The number of phenols is 6. The van der Waals surface area contributed by atoms with Crippen molar-refractivity contribution in [2.75, 3.05) is 0 Å². The second-order valence-electron chi connectivity index (χ2n) is 4.10. The van der Waals surface area contributed by atoms with Crippen molar-refractivity contribution in [1.29, 1.82) is 0 Å². The van der Waals surface area contributed by atoms with E-state index in [1.807, 2.05) is 0 Å². The lowest BCUT2D eigenvalue weighted by molar-refractivity contribution is 0.358. The molecule has 0 spiro atoms. The Labute approximate surface area is 147 Å². The second kappa shape index (κ2) is 9.30. The molecule has 0 unspecified atom stereocenters. The van der Waals surface area contributed by atoms with E-state index in [-0.39, 0.29) is 11.5 Å². The van der Waals surface area contributed by atoms with E-state index in [1.54, 1.807) is 0 Å². The van der Waals surface area contributed by atoms with Gasteiger partial charge in [0.15, 0.2) is 28.7 Å². The van der Waals surface area contributed by atoms with E-state index in [4.69, 9.17) is 47.8 Å². The average Bonchev–Trinajstić information content (AvgIpc) is 2.49. The van der Waals surface area contributed by atoms with Crippen molar-refractivity contribution >= 4 is 20.7 Å². The van der Waals surface area contributed by atoms with E-state index >= 15 is 0 Å². The lowest BCUT2D eigenvalue weighted by Crippen LogP contribution is -1.98. The van der Waals surface area contributed by atoms with Gasteiger partial charge in [0.2, 0.25) is 5.75 Å². The summed E-state index contributed by atoms with van der Waals surface area (Å²) < 4.78 is 54.9. The third-order valence-electron chi connectivity index (χ3n) is 2.36. The first-order chi connectivity index (χ1) is 11.8. The largest absolute Gasteiger partial charge is 0.504 e. The summed E-state index contributed by atoms with van der Waals surface area (Å²) in [6, 6.07) is 5.60. The van der Waals surface area contributed by atoms with Crippen LogP contribution in [0.3, 0.4) is 0 Å². The fraction of sp³-hybridized carbons (Fsp3) is 0. The van der Waals surface area contributed by atoms with Crippen molar-refractivity contribution in [2.24, 2.45) is 0 Å². The number of hydrogen-bond acceptors (Lipinski definition) is 11. The highest BCUT2D eigenvalue weighted by Crippen LogP contribution is 2.38. The van der Waals surface area contributed by atoms with Gasteiger partial charge in [-0.05, 0) is 24.3 Å². The Morgan fingerprint density at radius 2 is 1.04 bits per heavy atom. The summed E-state index contributed by atoms with van der Waals surface area (Å²) in [5, 5.41) is 52.7. The zero-order chi connectivity index (χ0) is 20.7. The molecule has 0 fully saturated rings. The van der Waals surface area contributed by atoms with Gasteiger partial charge >= 0.3 is 10.6 Å². The van der Waals surface area contributed by atoms with Crippen LogP contribution in [0.25, 0.3) is 0 Å². The van der Waals surface area contributed by atoms with Crippen LogP contribution in [-0.2, 0) is 20.7 Å². The van der Waals surface area contributed by atoms with Crippen molar-refractivity contribution in [2.45, 2.75) is 4.90 Å². The fourth-order valence-electron chi connectivity index (χ4n) is 1.28. The Bertz CT molecular complexity index is 953. The first-order valence-electron chi connectivity index (χ1n) is 5.97. The number of phenolic OH excluding ortho intramolecular Hbond substituents is 6. The topological polar surface area (TPSA) is 227 Å². The predicted octanol–water partition coefficient (Wildman–Crippen LogP) is -0.151. The molecule has 0 aromatic heterocycles. The van der Waals surface area contributed by atoms with E-state index in [2.05, 4.69) is 0 Å². The summed E-state index contributed by atoms with van der Waals surface area (Å²) in [5.41, 5.74) is 0. The number of hydrogen-bond donors (Lipinski definition) is 7. The minimum atomic E-state index is -4.59. The van der Waals surface area contributed by atoms with E-state index in [0.717, 1.165) is 12.1 Å². The normalized spacial score (nSPS) is 9.88. The lowest BCUT2D eigenvalue weighted by Gasteiger charge is -2.03. The molecule has 7 N–H and O–H groups in total. The number of rotatable bonds is 1. The summed E-state index contributed by atoms with van der Waals surface area (Å²) in [5.74, 6) is -3.84. The van der Waals surface area contributed by atoms with Gasteiger partial charge in [0, 0.05) is 0 Å². The number of aromatic hydroxyl groups is 6. The van der Waals surface area contributed by atoms with Gasteiger partial charge in [-0.25, -0.2) is 0 Å². The molecule has 0 aliphatic carbocycles. The highest BCUT2D eigenvalue weighted by molar-refractivity contribution is 7.86. The maximum Gasteiger partial charge on any atom is 0.425 e. The first-order valence-corrected chi connectivity index (χ1v) is 8.41. The van der Waals surface area contributed by atoms with Crippen LogP contribution in [0.1, 0.15) is 0 Å². The molecular formula is C12H12O12S2. The molecule has 2 aromatic rings. The molecule has 0 amide bonds. The van der Waals surface area contributed by atoms with Gasteiger partial charge in [0.05, 0.1) is 0 Å². The van der Waals surface area contributed by atoms with Crippen LogP contribution >= 0.6 is 0 Å². The summed E-state index contributed by atoms with van der Waals surface area (Å²) in [7, 11) is -7.70. The molecule has 26 heavy (non-hydrogen) atoms. The Morgan fingerprint density at radius 3 is 1.38 bits per heavy atom. The maximum absolute atomic E-state index is 10.5. The minimum absolute atomic E-state index is 0.310. The zero-order valence-corrected chi connectivity index (χ0v) is 14.0. The molecule has 0 heterocycles. The number of para-hydroxylation sites is 1. The minimum Gasteiger partial charge on any atom is -0.504 e. The van der Waals surface area contributed by atoms with Crippen LogP contribution in [0.15, 0.2) is 35.2 Å². The second-order valence-corrected chi connectivity index (χ2v) is 5.90. The fourth-order valence-corrected chi connectivity index (χ4v) is 1.86. The summed E-state index contributed by atoms with van der Waals surface area (Å²) >= 11 is 0. The van der Waals surface area contributed by atoms with E-state index in [0.29, 0.717) is 0 Å². The van der Waals surface area contributed by atoms with E-state index in [9.17, 15) is 8.42 Å². The number of benzene rings is 2. The monoisotopic (exact) mass is 412 g/mol. The summed E-state index contributed by atoms with van der Waals surface area (Å²) in [6.45, 7) is 0. The molecule has 0 saturated heterocycles. The lowest BCUT2D eigenvalue weighted by atomic mass is 10.3. The van der Waals surface area contributed by atoms with E-state index < -0.39 is 48.6 Å². The van der Waals surface area contributed by atoms with Gasteiger partial charge in [0.25, 0.3) is 10.1 Å². The molecule has 0 atom stereocenters. The predicted molar refractivity (Wildman–Crippen MR) is 82.4 cm³/mol. The zero-order valence-electron chi connectivity index (χ0n) is 12.4. The van der Waals surface area contributed by atoms with Crippen LogP contribution < -0.4 is 0 Å². The highest BCUT2D eigenvalue weighted by Gasteiger charge is 2.20. The third kappa shape index (κ3) is 7.12. The van der Waals surface area contributed by atoms with Crippen LogP contribution in [0.5, 0.6) is 34.5 Å². The van der Waals surface area contributed by atoms with Crippen LogP contribution in [0.4, 0.5) is 0 Å². The SMILES string of the molecule is O=S(=O)(O)c1ccc(O)c(O)c1O.O=S(=O)=O.Oc1cccc(O)c1O. The highest BCUT2D eigenvalue weighted by atomic mass is 32.2. The van der Waals surface area contributed by atoms with Crippen LogP contribution in [0, 0.1) is 0 Å². The standard InChI is InChI=1S/C6H6O6S.C6H6O3.O3S/c7-3-1-2-4(13(10,11)12)6(9)5(3)8;7-4-2-1-3-5(8)6(4)9;1-4(2)3/h1-2,7-9H,(H,10,11,12);1-3,7-9H;. The molecule has 0 radical (unpaired) electrons. The molecule has 2 aromatic carbocycles. The Morgan fingerprint density at radius 1 is 0.654 bits per heavy atom. The van der Waals surface area contributed by atoms with Crippen molar-refractivity contribution in [3.63, 3.8) is 0 Å². The molecule has 12 nitrogen and oxygen atoms in total. The molecule has 144 valence electrons. The van der Waals surface area contributed by atoms with Gasteiger partial charge in [-0.15, -0.1) is 12.6 Å². The van der Waals surface area contributed by atoms with Crippen LogP contribution in [-0.4, -0.2) is 56.2 Å². The quantitative estimate of drug-likeness (QED) is 0.240. The Hall–Kier alpha value is -3.23. The summed E-state index contributed by atoms with van der Waals surface area (Å²) in [6.07, 6.45) is 0. The molecule has 2 rings (SSSR count). The molecule has 0 bridgehead atoms. The van der Waals surface area contributed by atoms with Gasteiger partial charge in [0.1, 0.15) is 4.90 Å². The Kier molecular flexibility index (Phi) is 8.15. The Balaban J connectivity index is 0.000000416. The average molecular weight is 412 g/mol. The van der Waals surface area contributed by atoms with Crippen molar-refractivity contribution in [3.8, 4) is 34.5 Å². The van der Waals surface area contributed by atoms with Crippen molar-refractivity contribution in [1.82, 2.24) is 0 Å². The van der Waals surface area contributed by atoms with Crippen molar-refractivity contribution < 1.29 is 56.2 Å². The van der Waals surface area contributed by atoms with Gasteiger partial charge < -0.3 is 30.6 Å². The molecule has 14 heteroatoms.